The molecule has 0 aliphatic heterocycles. The first kappa shape index (κ1) is 34.4. The first-order valence-electron chi connectivity index (χ1n) is 15.4. The van der Waals surface area contributed by atoms with Crippen molar-refractivity contribution in [3.8, 4) is 0 Å². The predicted molar refractivity (Wildman–Crippen MR) is 168 cm³/mol. The fourth-order valence-corrected chi connectivity index (χ4v) is 13.0. The molecule has 0 heterocycles. The molecule has 0 saturated carbocycles. The van der Waals surface area contributed by atoms with E-state index in [0.717, 1.165) is 18.4 Å². The molecule has 2 N–H and O–H groups in total. The molecule has 0 bridgehead atoms. The molecule has 0 aliphatic rings. The molecule has 0 unspecified atom stereocenters. The highest BCUT2D eigenvalue weighted by Crippen LogP contribution is 2.33. The number of carbonyl (C=O) groups is 2. The number of hydrogen-bond acceptors (Lipinski definition) is 3. The van der Waals surface area contributed by atoms with Crippen LogP contribution in [0.1, 0.15) is 86.6 Å². The zero-order valence-corrected chi connectivity index (χ0v) is 27.9. The van der Waals surface area contributed by atoms with Crippen LogP contribution in [0.25, 0.3) is 0 Å². The topological polar surface area (TPSA) is 67.4 Å². The molecule has 0 aliphatic carbocycles. The van der Waals surface area contributed by atoms with Gasteiger partial charge in [-0.05, 0) is 32.3 Å². The van der Waals surface area contributed by atoms with Crippen molar-refractivity contribution in [2.45, 2.75) is 148 Å². The zero-order valence-electron chi connectivity index (χ0n) is 25.9. The van der Waals surface area contributed by atoms with E-state index >= 15 is 0 Å². The summed E-state index contributed by atoms with van der Waals surface area (Å²) in [7, 11) is -2.66. The van der Waals surface area contributed by atoms with Gasteiger partial charge in [-0.1, -0.05) is 133 Å². The fourth-order valence-electron chi connectivity index (χ4n) is 5.98. The molecule has 1 aromatic carbocycles. The zero-order chi connectivity index (χ0) is 28.7. The number of hydrogen-bond donors (Lipinski definition) is 2. The molecule has 0 aromatic heterocycles. The largest absolute Gasteiger partial charge is 0.445 e. The Morgan fingerprint density at radius 3 is 1.63 bits per heavy atom. The Hall–Kier alpha value is -1.61. The molecule has 38 heavy (non-hydrogen) atoms. The summed E-state index contributed by atoms with van der Waals surface area (Å²) in [6, 6.07) is 19.8. The van der Waals surface area contributed by atoms with E-state index in [9.17, 15) is 9.59 Å². The van der Waals surface area contributed by atoms with Crippen LogP contribution in [0.5, 0.6) is 0 Å². The lowest BCUT2D eigenvalue weighted by molar-refractivity contribution is -0.128. The molecular formula is C31H58N2O3Si2. The van der Waals surface area contributed by atoms with E-state index in [1.54, 1.807) is 0 Å². The van der Waals surface area contributed by atoms with Crippen LogP contribution in [-0.2, 0) is 16.1 Å². The van der Waals surface area contributed by atoms with Crippen LogP contribution in [0.2, 0.25) is 48.4 Å². The van der Waals surface area contributed by atoms with E-state index in [2.05, 4.69) is 52.2 Å². The number of benzene rings is 1. The monoisotopic (exact) mass is 562 g/mol. The fraction of sp³-hybridized carbons (Fsp3) is 0.742. The number of alkyl carbamates (subject to hydrolysis) is 1. The van der Waals surface area contributed by atoms with E-state index in [4.69, 9.17) is 4.74 Å². The molecule has 0 atom stereocenters. The molecule has 2 amide bonds. The Kier molecular flexibility index (Phi) is 15.5. The van der Waals surface area contributed by atoms with E-state index < -0.39 is 27.8 Å². The second kappa shape index (κ2) is 17.2. The third-order valence-electron chi connectivity index (χ3n) is 9.53. The van der Waals surface area contributed by atoms with Crippen molar-refractivity contribution in [3.05, 3.63) is 35.9 Å². The van der Waals surface area contributed by atoms with Gasteiger partial charge in [-0.25, -0.2) is 4.79 Å². The average molecular weight is 563 g/mol. The highest BCUT2D eigenvalue weighted by molar-refractivity contribution is 6.80. The second-order valence-electron chi connectivity index (χ2n) is 11.7. The third-order valence-corrected chi connectivity index (χ3v) is 21.4. The Labute approximate surface area is 236 Å². The molecule has 0 saturated heterocycles. The van der Waals surface area contributed by atoms with Gasteiger partial charge in [0.25, 0.3) is 0 Å². The minimum Gasteiger partial charge on any atom is -0.445 e. The van der Waals surface area contributed by atoms with Crippen LogP contribution in [0.15, 0.2) is 30.3 Å². The summed E-state index contributed by atoms with van der Waals surface area (Å²) in [5.74, 6) is -0.0577. The van der Waals surface area contributed by atoms with Gasteiger partial charge in [-0.3, -0.25) is 4.79 Å². The van der Waals surface area contributed by atoms with E-state index in [-0.39, 0.29) is 18.6 Å². The summed E-state index contributed by atoms with van der Waals surface area (Å²) in [5.41, 5.74) is -0.00269. The van der Waals surface area contributed by atoms with Crippen molar-refractivity contribution in [1.82, 2.24) is 10.6 Å². The third kappa shape index (κ3) is 10.5. The van der Waals surface area contributed by atoms with Crippen LogP contribution in [0.3, 0.4) is 0 Å². The molecular weight excluding hydrogens is 505 g/mol. The SMILES string of the molecule is CC[Si](CC)(CC)CCCC(CCC[Si](CC)(CC)CC)(NC(=O)OCc1ccccc1)C(=O)NC(C)C. The first-order chi connectivity index (χ1) is 18.1. The summed E-state index contributed by atoms with van der Waals surface area (Å²) < 4.78 is 5.65. The quantitative estimate of drug-likeness (QED) is 0.166. The van der Waals surface area contributed by atoms with Crippen molar-refractivity contribution in [3.63, 3.8) is 0 Å². The smallest absolute Gasteiger partial charge is 0.408 e. The normalized spacial score (nSPS) is 12.4. The van der Waals surface area contributed by atoms with Gasteiger partial charge in [0.2, 0.25) is 5.91 Å². The van der Waals surface area contributed by atoms with Gasteiger partial charge < -0.3 is 15.4 Å². The second-order valence-corrected chi connectivity index (χ2v) is 23.0. The average Bonchev–Trinajstić information content (AvgIpc) is 2.93. The standard InChI is InChI=1S/C31H58N2O3Si2/c1-9-37(10-2,11-3)24-18-22-31(29(34)32-27(7)8,23-19-25-38(12-4,13-5)14-6)33-30(35)36-26-28-20-16-15-17-21-28/h15-17,20-21,27H,9-14,18-19,22-26H2,1-8H3,(H,32,34)(H,33,35). The van der Waals surface area contributed by atoms with Gasteiger partial charge >= 0.3 is 6.09 Å². The molecule has 5 nitrogen and oxygen atoms in total. The molecule has 1 rings (SSSR count). The van der Waals surface area contributed by atoms with Crippen molar-refractivity contribution in [1.29, 1.82) is 0 Å². The maximum atomic E-state index is 13.9. The summed E-state index contributed by atoms with van der Waals surface area (Å²) in [4.78, 5) is 27.0. The maximum Gasteiger partial charge on any atom is 0.408 e. The molecule has 1 aromatic rings. The van der Waals surface area contributed by atoms with Gasteiger partial charge in [0.15, 0.2) is 0 Å². The Bertz CT molecular complexity index is 766. The highest BCUT2D eigenvalue weighted by atomic mass is 28.3. The van der Waals surface area contributed by atoms with Crippen LogP contribution < -0.4 is 10.6 Å². The molecule has 0 fully saturated rings. The summed E-state index contributed by atoms with van der Waals surface area (Å²) in [6.45, 7) is 18.2. The van der Waals surface area contributed by atoms with Gasteiger partial charge in [0, 0.05) is 6.04 Å². The van der Waals surface area contributed by atoms with Crippen LogP contribution in [-0.4, -0.2) is 39.7 Å². The Morgan fingerprint density at radius 2 is 1.24 bits per heavy atom. The van der Waals surface area contributed by atoms with Gasteiger partial charge in [-0.2, -0.15) is 0 Å². The van der Waals surface area contributed by atoms with Gasteiger partial charge in [-0.15, -0.1) is 0 Å². The van der Waals surface area contributed by atoms with E-state index in [0.29, 0.717) is 12.8 Å². The summed E-state index contributed by atoms with van der Waals surface area (Å²) in [5, 5.41) is 6.30. The van der Waals surface area contributed by atoms with Crippen molar-refractivity contribution in [2.75, 3.05) is 0 Å². The lowest BCUT2D eigenvalue weighted by atomic mass is 9.87. The van der Waals surface area contributed by atoms with Crippen LogP contribution in [0, 0.1) is 0 Å². The highest BCUT2D eigenvalue weighted by Gasteiger charge is 2.41. The van der Waals surface area contributed by atoms with Crippen LogP contribution in [0.4, 0.5) is 4.79 Å². The van der Waals surface area contributed by atoms with Gasteiger partial charge in [0.1, 0.15) is 12.1 Å². The van der Waals surface area contributed by atoms with Crippen molar-refractivity contribution >= 4 is 28.1 Å². The number of ether oxygens (including phenoxy) is 1. The lowest BCUT2D eigenvalue weighted by Gasteiger charge is -2.37. The number of carbonyl (C=O) groups excluding carboxylic acids is 2. The minimum absolute atomic E-state index is 0.00907. The van der Waals surface area contributed by atoms with Crippen molar-refractivity contribution in [2.24, 2.45) is 0 Å². The van der Waals surface area contributed by atoms with Crippen LogP contribution >= 0.6 is 0 Å². The molecule has 7 heteroatoms. The van der Waals surface area contributed by atoms with Gasteiger partial charge in [0.05, 0.1) is 16.1 Å². The molecule has 218 valence electrons. The van der Waals surface area contributed by atoms with E-state index in [1.165, 1.54) is 48.4 Å². The minimum atomic E-state index is -1.33. The first-order valence-corrected chi connectivity index (χ1v) is 21.0. The molecule has 0 spiro atoms. The summed E-state index contributed by atoms with van der Waals surface area (Å²) >= 11 is 0. The summed E-state index contributed by atoms with van der Waals surface area (Å²) in [6.07, 6.45) is 2.76. The number of amides is 2. The number of nitrogens with one attached hydrogen (secondary N) is 2. The van der Waals surface area contributed by atoms with E-state index in [1.807, 2.05) is 44.2 Å². The number of rotatable bonds is 19. The lowest BCUT2D eigenvalue weighted by Crippen LogP contribution is -2.60. The molecule has 0 radical (unpaired) electrons. The Morgan fingerprint density at radius 1 is 0.789 bits per heavy atom. The predicted octanol–water partition coefficient (Wildman–Crippen LogP) is 8.75. The Balaban J connectivity index is 3.21. The maximum absolute atomic E-state index is 13.9. The van der Waals surface area contributed by atoms with Crippen molar-refractivity contribution < 1.29 is 14.3 Å².